The number of thioether (sulfide) groups is 1. The van der Waals surface area contributed by atoms with Crippen LogP contribution in [0.1, 0.15) is 41.2 Å². The molecular weight excluding hydrogens is 500 g/mol. The van der Waals surface area contributed by atoms with Crippen molar-refractivity contribution < 1.29 is 4.79 Å². The van der Waals surface area contributed by atoms with Gasteiger partial charge in [-0.15, -0.1) is 0 Å². The summed E-state index contributed by atoms with van der Waals surface area (Å²) in [5, 5.41) is 13.1. The number of nitrogens with one attached hydrogen (secondary N) is 1. The van der Waals surface area contributed by atoms with Gasteiger partial charge in [-0.3, -0.25) is 19.1 Å². The zero-order valence-electron chi connectivity index (χ0n) is 20.9. The van der Waals surface area contributed by atoms with Gasteiger partial charge >= 0.3 is 0 Å². The molecule has 0 radical (unpaired) electrons. The Labute approximate surface area is 226 Å². The highest BCUT2D eigenvalue weighted by molar-refractivity contribution is 8.26. The second-order valence-corrected chi connectivity index (χ2v) is 10.4. The van der Waals surface area contributed by atoms with Crippen LogP contribution >= 0.6 is 24.0 Å². The van der Waals surface area contributed by atoms with Gasteiger partial charge in [0.25, 0.3) is 11.5 Å². The molecule has 2 aromatic carbocycles. The minimum Gasteiger partial charge on any atom is -0.367 e. The highest BCUT2D eigenvalue weighted by Crippen LogP contribution is 2.35. The number of anilines is 1. The zero-order valence-corrected chi connectivity index (χ0v) is 22.5. The number of pyridine rings is 1. The molecule has 0 saturated carbocycles. The van der Waals surface area contributed by atoms with Crippen molar-refractivity contribution in [3.05, 3.63) is 104 Å². The molecule has 1 aliphatic heterocycles. The molecule has 2 heterocycles. The van der Waals surface area contributed by atoms with Gasteiger partial charge in [-0.2, -0.15) is 5.26 Å². The van der Waals surface area contributed by atoms with E-state index in [0.29, 0.717) is 45.8 Å². The fraction of sp³-hybridized carbons (Fsp3) is 0.241. The van der Waals surface area contributed by atoms with Crippen LogP contribution in [0.15, 0.2) is 70.4 Å². The Hall–Kier alpha value is -3.67. The van der Waals surface area contributed by atoms with Gasteiger partial charge < -0.3 is 5.32 Å². The molecule has 1 saturated heterocycles. The van der Waals surface area contributed by atoms with Gasteiger partial charge in [0.05, 0.1) is 4.91 Å². The number of nitrogens with zero attached hydrogens (tertiary/aromatic N) is 3. The van der Waals surface area contributed by atoms with Gasteiger partial charge in [0, 0.05) is 25.2 Å². The van der Waals surface area contributed by atoms with Crippen LogP contribution in [0.2, 0.25) is 0 Å². The smallest absolute Gasteiger partial charge is 0.270 e. The first kappa shape index (κ1) is 26.4. The standard InChI is InChI=1S/C29H28N4O2S2/c1-3-32-26(31-19-22-13-8-5-9-14-22)23(20(2)24(18-30)27(32)34)17-25-28(35)33(29(36)37-25)16-10-15-21-11-6-4-7-12-21/h4-9,11-14,17,31H,3,10,15-16,19H2,1-2H3/b25-17-. The molecule has 1 N–H and O–H groups in total. The quantitative estimate of drug-likeness (QED) is 0.292. The number of thiocarbonyl (C=S) groups is 1. The van der Waals surface area contributed by atoms with Crippen molar-refractivity contribution in [2.45, 2.75) is 39.8 Å². The van der Waals surface area contributed by atoms with Crippen molar-refractivity contribution in [1.29, 1.82) is 5.26 Å². The number of aromatic nitrogens is 1. The fourth-order valence-electron chi connectivity index (χ4n) is 4.35. The number of hydrogen-bond acceptors (Lipinski definition) is 6. The van der Waals surface area contributed by atoms with Crippen LogP contribution in [-0.4, -0.2) is 26.2 Å². The van der Waals surface area contributed by atoms with Crippen LogP contribution in [0.3, 0.4) is 0 Å². The van der Waals surface area contributed by atoms with Gasteiger partial charge in [0.1, 0.15) is 21.8 Å². The van der Waals surface area contributed by atoms with Crippen molar-refractivity contribution in [3.63, 3.8) is 0 Å². The van der Waals surface area contributed by atoms with Crippen LogP contribution in [0.25, 0.3) is 6.08 Å². The van der Waals surface area contributed by atoms with Crippen molar-refractivity contribution in [2.75, 3.05) is 11.9 Å². The third kappa shape index (κ3) is 5.85. The molecule has 1 aromatic heterocycles. The highest BCUT2D eigenvalue weighted by Gasteiger charge is 2.32. The molecule has 6 nitrogen and oxygen atoms in total. The Balaban J connectivity index is 1.65. The molecule has 0 bridgehead atoms. The summed E-state index contributed by atoms with van der Waals surface area (Å²) in [6.45, 7) is 5.02. The number of hydrogen-bond donors (Lipinski definition) is 1. The van der Waals surface area contributed by atoms with E-state index in [1.54, 1.807) is 22.5 Å². The summed E-state index contributed by atoms with van der Waals surface area (Å²) in [6, 6.07) is 22.1. The van der Waals surface area contributed by atoms with E-state index in [4.69, 9.17) is 12.2 Å². The molecule has 1 amide bonds. The van der Waals surface area contributed by atoms with Gasteiger partial charge in [0.2, 0.25) is 0 Å². The Bertz CT molecular complexity index is 1440. The summed E-state index contributed by atoms with van der Waals surface area (Å²) in [4.78, 5) is 28.5. The molecule has 3 aromatic rings. The summed E-state index contributed by atoms with van der Waals surface area (Å²) in [5.41, 5.74) is 3.20. The summed E-state index contributed by atoms with van der Waals surface area (Å²) >= 11 is 6.80. The van der Waals surface area contributed by atoms with Crippen molar-refractivity contribution >= 4 is 46.1 Å². The summed E-state index contributed by atoms with van der Waals surface area (Å²) < 4.78 is 2.08. The van der Waals surface area contributed by atoms with E-state index in [9.17, 15) is 14.9 Å². The van der Waals surface area contributed by atoms with Crippen LogP contribution in [0.5, 0.6) is 0 Å². The maximum Gasteiger partial charge on any atom is 0.270 e. The number of benzene rings is 2. The first-order valence-corrected chi connectivity index (χ1v) is 13.4. The topological polar surface area (TPSA) is 78.1 Å². The molecule has 0 spiro atoms. The van der Waals surface area contributed by atoms with E-state index in [-0.39, 0.29) is 17.0 Å². The molecule has 8 heteroatoms. The monoisotopic (exact) mass is 528 g/mol. The predicted molar refractivity (Wildman–Crippen MR) is 154 cm³/mol. The van der Waals surface area contributed by atoms with Gasteiger partial charge in [-0.25, -0.2) is 0 Å². The third-order valence-electron chi connectivity index (χ3n) is 6.33. The Morgan fingerprint density at radius 1 is 1.05 bits per heavy atom. The number of rotatable bonds is 9. The lowest BCUT2D eigenvalue weighted by molar-refractivity contribution is -0.122. The van der Waals surface area contributed by atoms with Gasteiger partial charge in [0.15, 0.2) is 0 Å². The average molecular weight is 529 g/mol. The van der Waals surface area contributed by atoms with Gasteiger partial charge in [-0.1, -0.05) is 84.6 Å². The first-order chi connectivity index (χ1) is 17.9. The summed E-state index contributed by atoms with van der Waals surface area (Å²) in [6.07, 6.45) is 3.42. The minimum absolute atomic E-state index is 0.0803. The highest BCUT2D eigenvalue weighted by atomic mass is 32.2. The molecule has 37 heavy (non-hydrogen) atoms. The molecule has 1 aliphatic rings. The van der Waals surface area contributed by atoms with E-state index in [1.165, 1.54) is 17.3 Å². The van der Waals surface area contributed by atoms with E-state index < -0.39 is 0 Å². The number of carbonyl (C=O) groups excluding carboxylic acids is 1. The summed E-state index contributed by atoms with van der Waals surface area (Å²) in [7, 11) is 0. The first-order valence-electron chi connectivity index (χ1n) is 12.2. The molecule has 1 fully saturated rings. The van der Waals surface area contributed by atoms with Crippen LogP contribution < -0.4 is 10.9 Å². The molecule has 0 unspecified atom stereocenters. The lowest BCUT2D eigenvalue weighted by Crippen LogP contribution is -2.29. The third-order valence-corrected chi connectivity index (χ3v) is 7.71. The van der Waals surface area contributed by atoms with E-state index in [0.717, 1.165) is 18.4 Å². The molecule has 0 aliphatic carbocycles. The predicted octanol–water partition coefficient (Wildman–Crippen LogP) is 5.49. The Kier molecular flexibility index (Phi) is 8.59. The maximum absolute atomic E-state index is 13.3. The lowest BCUT2D eigenvalue weighted by atomic mass is 10.0. The van der Waals surface area contributed by atoms with Crippen LogP contribution in [-0.2, 0) is 24.3 Å². The maximum atomic E-state index is 13.3. The Morgan fingerprint density at radius 2 is 1.70 bits per heavy atom. The molecule has 188 valence electrons. The van der Waals surface area contributed by atoms with Crippen molar-refractivity contribution in [2.24, 2.45) is 0 Å². The van der Waals surface area contributed by atoms with Crippen molar-refractivity contribution in [3.8, 4) is 6.07 Å². The van der Waals surface area contributed by atoms with Crippen LogP contribution in [0.4, 0.5) is 5.82 Å². The van der Waals surface area contributed by atoms with Gasteiger partial charge in [-0.05, 0) is 49.5 Å². The van der Waals surface area contributed by atoms with Crippen molar-refractivity contribution in [1.82, 2.24) is 9.47 Å². The normalized spacial score (nSPS) is 14.3. The Morgan fingerprint density at radius 3 is 2.32 bits per heavy atom. The van der Waals surface area contributed by atoms with E-state index >= 15 is 0 Å². The number of carbonyl (C=O) groups is 1. The van der Waals surface area contributed by atoms with E-state index in [2.05, 4.69) is 23.5 Å². The second kappa shape index (κ2) is 12.0. The molecular formula is C29H28N4O2S2. The van der Waals surface area contributed by atoms with E-state index in [1.807, 2.05) is 55.5 Å². The SMILES string of the molecule is CCn1c(NCc2ccccc2)c(/C=C2\SC(=S)N(CCCc3ccccc3)C2=O)c(C)c(C#N)c1=O. The molecule has 4 rings (SSSR count). The number of aryl methyl sites for hydroxylation is 1. The number of nitriles is 1. The van der Waals surface area contributed by atoms with Crippen LogP contribution in [0, 0.1) is 18.3 Å². The average Bonchev–Trinajstić information content (AvgIpc) is 3.18. The largest absolute Gasteiger partial charge is 0.367 e. The molecule has 0 atom stereocenters. The summed E-state index contributed by atoms with van der Waals surface area (Å²) in [5.74, 6) is 0.437. The zero-order chi connectivity index (χ0) is 26.4. The second-order valence-electron chi connectivity index (χ2n) is 8.69. The fourth-order valence-corrected chi connectivity index (χ4v) is 5.64. The lowest BCUT2D eigenvalue weighted by Gasteiger charge is -2.19. The number of amides is 1. The minimum atomic E-state index is -0.344.